The Morgan fingerprint density at radius 3 is 1.76 bits per heavy atom. The van der Waals surface area contributed by atoms with Crippen LogP contribution in [0.25, 0.3) is 0 Å². The van der Waals surface area contributed by atoms with Crippen LogP contribution in [0.4, 0.5) is 0 Å². The number of carbonyl (C=O) groups is 3. The fourth-order valence-electron chi connectivity index (χ4n) is 1.81. The van der Waals surface area contributed by atoms with E-state index in [1.807, 2.05) is 0 Å². The fraction of sp³-hybridized carbons (Fsp3) is 0.611. The van der Waals surface area contributed by atoms with E-state index in [4.69, 9.17) is 18.8 Å². The number of hydrogen-bond acceptors (Lipinski definition) is 8. The number of rotatable bonds is 14. The van der Waals surface area contributed by atoms with Crippen LogP contribution in [0.5, 0.6) is 0 Å². The number of esters is 3. The Kier molecular flexibility index (Phi) is 16.5. The fourth-order valence-corrected chi connectivity index (χ4v) is 2.38. The largest absolute Gasteiger partial charge is 2.00 e. The van der Waals surface area contributed by atoms with Crippen LogP contribution in [0.3, 0.4) is 0 Å². The van der Waals surface area contributed by atoms with Gasteiger partial charge in [-0.05, 0) is 26.7 Å². The van der Waals surface area contributed by atoms with Crippen molar-refractivity contribution < 1.29 is 44.4 Å². The molecule has 0 unspecified atom stereocenters. The third-order valence-electron chi connectivity index (χ3n) is 3.40. The zero-order chi connectivity index (χ0) is 21.7. The van der Waals surface area contributed by atoms with Crippen molar-refractivity contribution >= 4 is 65.8 Å². The minimum Gasteiger partial charge on any atom is -1.00 e. The summed E-state index contributed by atoms with van der Waals surface area (Å²) < 4.78 is 44.8. The predicted octanol–water partition coefficient (Wildman–Crippen LogP) is 1.68. The van der Waals surface area contributed by atoms with Gasteiger partial charge < -0.3 is 17.1 Å². The predicted molar refractivity (Wildman–Crippen MR) is 109 cm³/mol. The molecular formula is C18H30CaO9S. The minimum atomic E-state index is -3.96. The Morgan fingerprint density at radius 1 is 0.897 bits per heavy atom. The van der Waals surface area contributed by atoms with Gasteiger partial charge in [0.2, 0.25) is 0 Å². The third kappa shape index (κ3) is 16.5. The van der Waals surface area contributed by atoms with Gasteiger partial charge in [-0.15, -0.1) is 0 Å². The van der Waals surface area contributed by atoms with Gasteiger partial charge in [0.15, 0.2) is 0 Å². The molecule has 1 N–H and O–H groups in total. The van der Waals surface area contributed by atoms with Gasteiger partial charge in [-0.3, -0.25) is 9.35 Å². The number of hydrogen-bond donors (Lipinski definition) is 1. The van der Waals surface area contributed by atoms with Crippen LogP contribution in [0.15, 0.2) is 24.3 Å². The summed E-state index contributed by atoms with van der Waals surface area (Å²) in [5.74, 6) is -3.35. The molecule has 0 radical (unpaired) electrons. The summed E-state index contributed by atoms with van der Waals surface area (Å²) >= 11 is 0. The molecule has 0 atom stereocenters. The number of carbonyl (C=O) groups excluding carboxylic acids is 3. The normalized spacial score (nSPS) is 10.6. The van der Waals surface area contributed by atoms with Crippen LogP contribution >= 0.6 is 0 Å². The second-order valence-corrected chi connectivity index (χ2v) is 7.89. The van der Waals surface area contributed by atoms with Crippen molar-refractivity contribution in [3.63, 3.8) is 0 Å². The summed E-state index contributed by atoms with van der Waals surface area (Å²) in [6.45, 7) is 9.19. The zero-order valence-electron chi connectivity index (χ0n) is 19.0. The summed E-state index contributed by atoms with van der Waals surface area (Å²) in [4.78, 5) is 35.1. The molecule has 29 heavy (non-hydrogen) atoms. The maximum atomic E-state index is 12.2. The van der Waals surface area contributed by atoms with Crippen molar-refractivity contribution in [1.82, 2.24) is 0 Å². The Hall–Kier alpha value is -0.940. The van der Waals surface area contributed by atoms with Crippen molar-refractivity contribution in [3.05, 3.63) is 24.3 Å². The van der Waals surface area contributed by atoms with E-state index in [2.05, 4.69) is 13.2 Å². The standard InChI is InChI=1S/C18H28O9S.Ca.2H/c1-13(2)16(19)26-11-15(12-27-17(20)14(3)4)18(21)25-9-7-5-6-8-10-28(22,23)24;;;/h15H,1,3,5-12H2,2,4H3,(H,22,23,24);;;/q;+2;2*-1. The molecule has 164 valence electrons. The zero-order valence-corrected chi connectivity index (χ0v) is 20.0. The first-order valence-corrected chi connectivity index (χ1v) is 10.3. The van der Waals surface area contributed by atoms with Gasteiger partial charge in [0, 0.05) is 11.1 Å². The summed E-state index contributed by atoms with van der Waals surface area (Å²) in [6.07, 6.45) is 1.94. The van der Waals surface area contributed by atoms with Crippen LogP contribution in [-0.4, -0.2) is 94.2 Å². The van der Waals surface area contributed by atoms with E-state index in [0.29, 0.717) is 25.7 Å². The molecule has 0 saturated carbocycles. The molecule has 0 rings (SSSR count). The van der Waals surface area contributed by atoms with Gasteiger partial charge >= 0.3 is 55.6 Å². The average Bonchev–Trinajstić information content (AvgIpc) is 2.58. The number of unbranched alkanes of at least 4 members (excludes halogenated alkanes) is 3. The Bertz CT molecular complexity index is 666. The van der Waals surface area contributed by atoms with Crippen LogP contribution < -0.4 is 0 Å². The number of ether oxygens (including phenoxy) is 3. The molecule has 11 heteroatoms. The molecule has 0 aromatic heterocycles. The summed E-state index contributed by atoms with van der Waals surface area (Å²) in [5.41, 5.74) is 0.326. The topological polar surface area (TPSA) is 133 Å². The second kappa shape index (κ2) is 15.8. The van der Waals surface area contributed by atoms with Crippen LogP contribution in [0, 0.1) is 5.92 Å². The molecule has 0 spiro atoms. The van der Waals surface area contributed by atoms with Crippen LogP contribution in [-0.2, 0) is 38.7 Å². The van der Waals surface area contributed by atoms with E-state index in [-0.39, 0.29) is 77.3 Å². The molecule has 0 amide bonds. The van der Waals surface area contributed by atoms with E-state index in [9.17, 15) is 22.8 Å². The van der Waals surface area contributed by atoms with Gasteiger partial charge in [0.05, 0.1) is 12.4 Å². The van der Waals surface area contributed by atoms with Crippen molar-refractivity contribution in [1.29, 1.82) is 0 Å². The molecule has 0 heterocycles. The first-order chi connectivity index (χ1) is 12.9. The molecule has 9 nitrogen and oxygen atoms in total. The van der Waals surface area contributed by atoms with E-state index >= 15 is 0 Å². The molecule has 0 aromatic rings. The van der Waals surface area contributed by atoms with E-state index in [1.165, 1.54) is 13.8 Å². The summed E-state index contributed by atoms with van der Waals surface area (Å²) in [7, 11) is -3.96. The van der Waals surface area contributed by atoms with Crippen molar-refractivity contribution in [2.24, 2.45) is 5.92 Å². The van der Waals surface area contributed by atoms with Gasteiger partial charge in [-0.2, -0.15) is 8.42 Å². The molecule has 0 saturated heterocycles. The maximum absolute atomic E-state index is 12.2. The van der Waals surface area contributed by atoms with E-state index in [0.717, 1.165) is 0 Å². The maximum Gasteiger partial charge on any atom is 2.00 e. The van der Waals surface area contributed by atoms with Gasteiger partial charge in [-0.25, -0.2) is 9.59 Å². The molecule has 0 aliphatic heterocycles. The summed E-state index contributed by atoms with van der Waals surface area (Å²) in [5, 5.41) is 0. The first kappa shape index (κ1) is 30.3. The van der Waals surface area contributed by atoms with Gasteiger partial charge in [0.1, 0.15) is 19.1 Å². The third-order valence-corrected chi connectivity index (χ3v) is 4.21. The van der Waals surface area contributed by atoms with Gasteiger partial charge in [-0.1, -0.05) is 26.0 Å². The Labute approximate surface area is 204 Å². The first-order valence-electron chi connectivity index (χ1n) is 8.71. The van der Waals surface area contributed by atoms with Crippen molar-refractivity contribution in [2.75, 3.05) is 25.6 Å². The van der Waals surface area contributed by atoms with Gasteiger partial charge in [0.25, 0.3) is 10.1 Å². The Balaban J connectivity index is -0.00000121. The SMILES string of the molecule is C=C(C)C(=O)OCC(COC(=O)C(=C)C)C(=O)OCCCCCCS(=O)(=O)O.[Ca+2].[H-].[H-]. The second-order valence-electron chi connectivity index (χ2n) is 6.32. The smallest absolute Gasteiger partial charge is 1.00 e. The Morgan fingerprint density at radius 2 is 1.34 bits per heavy atom. The molecule has 0 aliphatic rings. The van der Waals surface area contributed by atoms with E-state index in [1.54, 1.807) is 0 Å². The molecule has 0 aromatic carbocycles. The van der Waals surface area contributed by atoms with Crippen LogP contribution in [0.1, 0.15) is 42.4 Å². The quantitative estimate of drug-likeness (QED) is 0.102. The molecule has 0 bridgehead atoms. The van der Waals surface area contributed by atoms with Crippen LogP contribution in [0.2, 0.25) is 0 Å². The monoisotopic (exact) mass is 462 g/mol. The molecule has 0 fully saturated rings. The van der Waals surface area contributed by atoms with E-state index < -0.39 is 33.9 Å². The minimum absolute atomic E-state index is 0. The average molecular weight is 463 g/mol. The molecule has 0 aliphatic carbocycles. The summed E-state index contributed by atoms with van der Waals surface area (Å²) in [6, 6.07) is 0. The molecular weight excluding hydrogens is 432 g/mol. The van der Waals surface area contributed by atoms with Crippen molar-refractivity contribution in [3.8, 4) is 0 Å². The van der Waals surface area contributed by atoms with Crippen molar-refractivity contribution in [2.45, 2.75) is 39.5 Å².